The van der Waals surface area contributed by atoms with Gasteiger partial charge < -0.3 is 4.74 Å². The number of aryl methyl sites for hydroxylation is 2. The Morgan fingerprint density at radius 2 is 1.05 bits per heavy atom. The quantitative estimate of drug-likeness (QED) is 0.658. The minimum atomic E-state index is 0.316. The second-order valence-electron chi connectivity index (χ2n) is 5.81. The van der Waals surface area contributed by atoms with Gasteiger partial charge in [-0.2, -0.15) is 0 Å². The molecular weight excluding hydrogens is 256 g/mol. The first-order valence-electron chi connectivity index (χ1n) is 7.97. The average Bonchev–Trinajstić information content (AvgIpc) is 2.53. The molecule has 0 fully saturated rings. The third-order valence-electron chi connectivity index (χ3n) is 3.83. The molecule has 2 unspecified atom stereocenters. The van der Waals surface area contributed by atoms with E-state index in [4.69, 9.17) is 4.74 Å². The summed E-state index contributed by atoms with van der Waals surface area (Å²) in [5, 5.41) is 0. The minimum Gasteiger partial charge on any atom is -0.376 e. The van der Waals surface area contributed by atoms with Gasteiger partial charge in [0.1, 0.15) is 0 Å². The van der Waals surface area contributed by atoms with Gasteiger partial charge in [-0.15, -0.1) is 0 Å². The number of hydrogen-bond donors (Lipinski definition) is 0. The normalized spacial score (nSPS) is 13.8. The smallest absolute Gasteiger partial charge is 0.0553 e. The molecule has 112 valence electrons. The lowest BCUT2D eigenvalue weighted by Gasteiger charge is -2.19. The first-order chi connectivity index (χ1) is 10.2. The van der Waals surface area contributed by atoms with Crippen LogP contribution in [-0.4, -0.2) is 12.2 Å². The molecule has 0 aliphatic heterocycles. The zero-order chi connectivity index (χ0) is 14.9. The van der Waals surface area contributed by atoms with Gasteiger partial charge in [0.2, 0.25) is 0 Å². The minimum absolute atomic E-state index is 0.316. The summed E-state index contributed by atoms with van der Waals surface area (Å²) in [5.41, 5.74) is 2.79. The van der Waals surface area contributed by atoms with Crippen LogP contribution in [0.3, 0.4) is 0 Å². The van der Waals surface area contributed by atoms with Crippen LogP contribution in [0.4, 0.5) is 0 Å². The van der Waals surface area contributed by atoms with Crippen molar-refractivity contribution >= 4 is 0 Å². The van der Waals surface area contributed by atoms with Crippen LogP contribution in [0.2, 0.25) is 0 Å². The molecule has 21 heavy (non-hydrogen) atoms. The maximum Gasteiger partial charge on any atom is 0.0553 e. The lowest BCUT2D eigenvalue weighted by molar-refractivity contribution is 0.000479. The number of rotatable bonds is 8. The van der Waals surface area contributed by atoms with Gasteiger partial charge in [-0.25, -0.2) is 0 Å². The maximum atomic E-state index is 6.09. The summed E-state index contributed by atoms with van der Waals surface area (Å²) >= 11 is 0. The van der Waals surface area contributed by atoms with E-state index in [1.807, 2.05) is 0 Å². The van der Waals surface area contributed by atoms with Crippen LogP contribution < -0.4 is 0 Å². The highest BCUT2D eigenvalue weighted by Gasteiger charge is 2.09. The van der Waals surface area contributed by atoms with Crippen molar-refractivity contribution in [1.82, 2.24) is 0 Å². The van der Waals surface area contributed by atoms with Crippen molar-refractivity contribution in [2.24, 2.45) is 0 Å². The Balaban J connectivity index is 1.66. The Morgan fingerprint density at radius 1 is 0.667 bits per heavy atom. The molecular formula is C20H26O. The summed E-state index contributed by atoms with van der Waals surface area (Å²) in [6.45, 7) is 4.36. The van der Waals surface area contributed by atoms with Crippen molar-refractivity contribution in [2.75, 3.05) is 0 Å². The largest absolute Gasteiger partial charge is 0.376 e. The molecule has 2 atom stereocenters. The molecule has 0 radical (unpaired) electrons. The van der Waals surface area contributed by atoms with Crippen LogP contribution in [0.1, 0.15) is 37.8 Å². The second kappa shape index (κ2) is 8.63. The van der Waals surface area contributed by atoms with Crippen molar-refractivity contribution in [3.05, 3.63) is 71.8 Å². The third kappa shape index (κ3) is 6.14. The van der Waals surface area contributed by atoms with E-state index in [0.717, 1.165) is 25.7 Å². The highest BCUT2D eigenvalue weighted by Crippen LogP contribution is 2.12. The highest BCUT2D eigenvalue weighted by molar-refractivity contribution is 5.15. The SMILES string of the molecule is CC(CCc1ccccc1)OC(C)CCc1ccccc1. The van der Waals surface area contributed by atoms with Gasteiger partial charge in [-0.1, -0.05) is 60.7 Å². The molecule has 0 saturated heterocycles. The summed E-state index contributed by atoms with van der Waals surface area (Å²) in [6.07, 6.45) is 4.98. The monoisotopic (exact) mass is 282 g/mol. The van der Waals surface area contributed by atoms with Gasteiger partial charge >= 0.3 is 0 Å². The summed E-state index contributed by atoms with van der Waals surface area (Å²) in [6, 6.07) is 21.3. The fraction of sp³-hybridized carbons (Fsp3) is 0.400. The molecule has 1 heteroatoms. The van der Waals surface area contributed by atoms with E-state index >= 15 is 0 Å². The predicted molar refractivity (Wildman–Crippen MR) is 89.5 cm³/mol. The van der Waals surface area contributed by atoms with Gasteiger partial charge in [0.25, 0.3) is 0 Å². The lowest BCUT2D eigenvalue weighted by atomic mass is 10.1. The fourth-order valence-corrected chi connectivity index (χ4v) is 2.56. The van der Waals surface area contributed by atoms with E-state index < -0.39 is 0 Å². The van der Waals surface area contributed by atoms with Crippen molar-refractivity contribution in [3.8, 4) is 0 Å². The molecule has 0 aliphatic carbocycles. The van der Waals surface area contributed by atoms with Crippen LogP contribution in [0.15, 0.2) is 60.7 Å². The molecule has 0 saturated carbocycles. The Hall–Kier alpha value is -1.60. The topological polar surface area (TPSA) is 9.23 Å². The van der Waals surface area contributed by atoms with Gasteiger partial charge in [0.05, 0.1) is 12.2 Å². The molecule has 0 bridgehead atoms. The van der Waals surface area contributed by atoms with Gasteiger partial charge in [-0.3, -0.25) is 0 Å². The summed E-state index contributed by atoms with van der Waals surface area (Å²) < 4.78 is 6.09. The Labute approximate surface area is 129 Å². The van der Waals surface area contributed by atoms with Gasteiger partial charge in [-0.05, 0) is 50.7 Å². The van der Waals surface area contributed by atoms with Gasteiger partial charge in [0, 0.05) is 0 Å². The average molecular weight is 282 g/mol. The molecule has 0 heterocycles. The number of benzene rings is 2. The van der Waals surface area contributed by atoms with E-state index in [1.54, 1.807) is 0 Å². The fourth-order valence-electron chi connectivity index (χ4n) is 2.56. The highest BCUT2D eigenvalue weighted by atomic mass is 16.5. The Kier molecular flexibility index (Phi) is 6.49. The van der Waals surface area contributed by atoms with Crippen molar-refractivity contribution in [2.45, 2.75) is 51.7 Å². The standard InChI is InChI=1S/C20H26O/c1-17(13-15-19-9-5-3-6-10-19)21-18(2)14-16-20-11-7-4-8-12-20/h3-12,17-18H,13-16H2,1-2H3. The Morgan fingerprint density at radius 3 is 1.43 bits per heavy atom. The first kappa shape index (κ1) is 15.8. The number of hydrogen-bond acceptors (Lipinski definition) is 1. The first-order valence-corrected chi connectivity index (χ1v) is 7.97. The van der Waals surface area contributed by atoms with E-state index in [1.165, 1.54) is 11.1 Å². The summed E-state index contributed by atoms with van der Waals surface area (Å²) in [5.74, 6) is 0. The van der Waals surface area contributed by atoms with Crippen molar-refractivity contribution < 1.29 is 4.74 Å². The molecule has 0 spiro atoms. The van der Waals surface area contributed by atoms with Crippen molar-refractivity contribution in [3.63, 3.8) is 0 Å². The van der Waals surface area contributed by atoms with Crippen LogP contribution in [0.25, 0.3) is 0 Å². The zero-order valence-electron chi connectivity index (χ0n) is 13.2. The van der Waals surface area contributed by atoms with E-state index in [-0.39, 0.29) is 0 Å². The van der Waals surface area contributed by atoms with E-state index in [9.17, 15) is 0 Å². The third-order valence-corrected chi connectivity index (χ3v) is 3.83. The Bertz CT molecular complexity index is 444. The van der Waals surface area contributed by atoms with Crippen LogP contribution in [-0.2, 0) is 17.6 Å². The molecule has 0 aliphatic rings. The molecule has 0 N–H and O–H groups in total. The lowest BCUT2D eigenvalue weighted by Crippen LogP contribution is -2.18. The molecule has 0 amide bonds. The van der Waals surface area contributed by atoms with Crippen LogP contribution >= 0.6 is 0 Å². The summed E-state index contributed by atoms with van der Waals surface area (Å²) in [4.78, 5) is 0. The molecule has 1 nitrogen and oxygen atoms in total. The number of ether oxygens (including phenoxy) is 1. The summed E-state index contributed by atoms with van der Waals surface area (Å²) in [7, 11) is 0. The molecule has 2 aromatic carbocycles. The van der Waals surface area contributed by atoms with Crippen molar-refractivity contribution in [1.29, 1.82) is 0 Å². The van der Waals surface area contributed by atoms with Crippen LogP contribution in [0, 0.1) is 0 Å². The molecule has 0 aromatic heterocycles. The van der Waals surface area contributed by atoms with Gasteiger partial charge in [0.15, 0.2) is 0 Å². The van der Waals surface area contributed by atoms with E-state index in [2.05, 4.69) is 74.5 Å². The predicted octanol–water partition coefficient (Wildman–Crippen LogP) is 5.05. The maximum absolute atomic E-state index is 6.09. The molecule has 2 rings (SSSR count). The van der Waals surface area contributed by atoms with E-state index in [0.29, 0.717) is 12.2 Å². The van der Waals surface area contributed by atoms with Crippen LogP contribution in [0.5, 0.6) is 0 Å². The zero-order valence-corrected chi connectivity index (χ0v) is 13.2. The second-order valence-corrected chi connectivity index (χ2v) is 5.81. The molecule has 2 aromatic rings.